The third kappa shape index (κ3) is 7.00. The molecule has 0 spiro atoms. The van der Waals surface area contributed by atoms with Crippen LogP contribution in [0.25, 0.3) is 0 Å². The highest BCUT2D eigenvalue weighted by molar-refractivity contribution is 5.83. The zero-order valence-corrected chi connectivity index (χ0v) is 18.5. The molecule has 0 aromatic heterocycles. The van der Waals surface area contributed by atoms with Crippen LogP contribution in [0.5, 0.6) is 11.5 Å². The lowest BCUT2D eigenvalue weighted by Gasteiger charge is -2.26. The van der Waals surface area contributed by atoms with Gasteiger partial charge in [0.1, 0.15) is 11.8 Å². The predicted molar refractivity (Wildman–Crippen MR) is 117 cm³/mol. The van der Waals surface area contributed by atoms with Gasteiger partial charge in [-0.1, -0.05) is 43.7 Å². The molecule has 1 N–H and O–H groups in total. The molecule has 7 nitrogen and oxygen atoms in total. The largest absolute Gasteiger partial charge is 0.497 e. The predicted octanol–water partition coefficient (Wildman–Crippen LogP) is 3.75. The summed E-state index contributed by atoms with van der Waals surface area (Å²) in [6.45, 7) is 1.89. The molecule has 0 bridgehead atoms. The summed E-state index contributed by atoms with van der Waals surface area (Å²) in [5, 5.41) is 9.54. The first kappa shape index (κ1) is 24.2. The number of carboxylic acid groups (broad SMARTS) is 1. The van der Waals surface area contributed by atoms with Crippen LogP contribution in [0, 0.1) is 5.92 Å². The highest BCUT2D eigenvalue weighted by atomic mass is 17.2. The number of carboxylic acids is 1. The molecule has 2 unspecified atom stereocenters. The van der Waals surface area contributed by atoms with Gasteiger partial charge in [0.25, 0.3) is 0 Å². The Labute approximate surface area is 183 Å². The Bertz CT molecular complexity index is 867. The van der Waals surface area contributed by atoms with Gasteiger partial charge in [0.2, 0.25) is 0 Å². The number of likely N-dealkylation sites (N-methyl/N-ethyl adjacent to an activating group) is 1. The van der Waals surface area contributed by atoms with E-state index in [1.54, 1.807) is 33.3 Å². The molecule has 2 aromatic rings. The summed E-state index contributed by atoms with van der Waals surface area (Å²) in [5.74, 6) is -1.36. The average molecular weight is 430 g/mol. The van der Waals surface area contributed by atoms with E-state index in [1.807, 2.05) is 43.3 Å². The number of para-hydroxylation sites is 1. The lowest BCUT2D eigenvalue weighted by molar-refractivity contribution is -0.221. The van der Waals surface area contributed by atoms with E-state index >= 15 is 0 Å². The van der Waals surface area contributed by atoms with Crippen LogP contribution in [0.15, 0.2) is 48.5 Å². The Morgan fingerprint density at radius 3 is 2.45 bits per heavy atom. The standard InChI is InChI=1S/C24H31NO6/c1-5-9-20(22(23(26)27)25(2)3)24(28)31-30-21-13-7-6-11-18(21)15-14-17-10-8-12-19(16-17)29-4/h6-8,10-13,16,20,22H,5,9,14-15H2,1-4H3,(H,26,27). The zero-order valence-electron chi connectivity index (χ0n) is 18.5. The Morgan fingerprint density at radius 1 is 1.06 bits per heavy atom. The van der Waals surface area contributed by atoms with Crippen molar-refractivity contribution in [3.8, 4) is 11.5 Å². The number of hydrogen-bond donors (Lipinski definition) is 1. The average Bonchev–Trinajstić information content (AvgIpc) is 2.75. The van der Waals surface area contributed by atoms with Crippen molar-refractivity contribution in [3.63, 3.8) is 0 Å². The van der Waals surface area contributed by atoms with Gasteiger partial charge in [-0.15, -0.1) is 0 Å². The van der Waals surface area contributed by atoms with E-state index in [0.717, 1.165) is 23.3 Å². The van der Waals surface area contributed by atoms with E-state index in [9.17, 15) is 14.7 Å². The minimum atomic E-state index is -1.07. The topological polar surface area (TPSA) is 85.3 Å². The summed E-state index contributed by atoms with van der Waals surface area (Å²) in [4.78, 5) is 36.3. The SMILES string of the molecule is CCCC(C(=O)OOc1ccccc1CCc1cccc(OC)c1)C(C(=O)O)N(C)C. The van der Waals surface area contributed by atoms with E-state index < -0.39 is 23.9 Å². The Balaban J connectivity index is 2.07. The van der Waals surface area contributed by atoms with Crippen LogP contribution in [0.3, 0.4) is 0 Å². The summed E-state index contributed by atoms with van der Waals surface area (Å²) in [7, 11) is 4.89. The highest BCUT2D eigenvalue weighted by Gasteiger charge is 2.37. The third-order valence-corrected chi connectivity index (χ3v) is 5.10. The fourth-order valence-corrected chi connectivity index (χ4v) is 3.51. The molecule has 0 amide bonds. The van der Waals surface area contributed by atoms with E-state index in [-0.39, 0.29) is 0 Å². The van der Waals surface area contributed by atoms with Crippen LogP contribution >= 0.6 is 0 Å². The van der Waals surface area contributed by atoms with Crippen molar-refractivity contribution >= 4 is 11.9 Å². The second-order valence-corrected chi connectivity index (χ2v) is 7.59. The number of carbonyl (C=O) groups excluding carboxylic acids is 1. The first-order valence-electron chi connectivity index (χ1n) is 10.4. The first-order valence-corrected chi connectivity index (χ1v) is 10.4. The van der Waals surface area contributed by atoms with Crippen molar-refractivity contribution in [3.05, 3.63) is 59.7 Å². The van der Waals surface area contributed by atoms with Crippen molar-refractivity contribution in [1.29, 1.82) is 0 Å². The summed E-state index contributed by atoms with van der Waals surface area (Å²) in [6.07, 6.45) is 2.46. The van der Waals surface area contributed by atoms with Crippen LogP contribution < -0.4 is 9.62 Å². The second-order valence-electron chi connectivity index (χ2n) is 7.59. The lowest BCUT2D eigenvalue weighted by Crippen LogP contribution is -2.46. The van der Waals surface area contributed by atoms with Gasteiger partial charge in [-0.05, 0) is 62.7 Å². The highest BCUT2D eigenvalue weighted by Crippen LogP contribution is 2.23. The van der Waals surface area contributed by atoms with Crippen molar-refractivity contribution in [2.45, 2.75) is 38.6 Å². The molecule has 168 valence electrons. The normalized spacial score (nSPS) is 12.8. The molecule has 0 radical (unpaired) electrons. The van der Waals surface area contributed by atoms with E-state index in [1.165, 1.54) is 4.90 Å². The quantitative estimate of drug-likeness (QED) is 0.406. The van der Waals surface area contributed by atoms with Crippen LogP contribution in [0.4, 0.5) is 0 Å². The van der Waals surface area contributed by atoms with E-state index in [2.05, 4.69) is 0 Å². The van der Waals surface area contributed by atoms with Gasteiger partial charge in [-0.25, -0.2) is 4.79 Å². The molecule has 2 aromatic carbocycles. The smallest absolute Gasteiger partial charge is 0.360 e. The number of nitrogens with zero attached hydrogens (tertiary/aromatic N) is 1. The molecule has 0 aliphatic rings. The third-order valence-electron chi connectivity index (χ3n) is 5.10. The van der Waals surface area contributed by atoms with Gasteiger partial charge < -0.3 is 9.84 Å². The molecule has 0 fully saturated rings. The number of rotatable bonds is 12. The number of aliphatic carboxylic acids is 1. The van der Waals surface area contributed by atoms with Crippen LogP contribution in [0.1, 0.15) is 30.9 Å². The molecular weight excluding hydrogens is 398 g/mol. The van der Waals surface area contributed by atoms with Crippen LogP contribution in [-0.2, 0) is 27.3 Å². The number of aryl methyl sites for hydroxylation is 2. The van der Waals surface area contributed by atoms with Crippen molar-refractivity contribution in [1.82, 2.24) is 4.90 Å². The molecule has 0 saturated heterocycles. The van der Waals surface area contributed by atoms with Gasteiger partial charge in [-0.3, -0.25) is 19.5 Å². The molecule has 31 heavy (non-hydrogen) atoms. The zero-order chi connectivity index (χ0) is 22.8. The van der Waals surface area contributed by atoms with Gasteiger partial charge in [-0.2, -0.15) is 0 Å². The summed E-state index contributed by atoms with van der Waals surface area (Å²) >= 11 is 0. The Kier molecular flexibility index (Phi) is 9.34. The monoisotopic (exact) mass is 429 g/mol. The molecule has 7 heteroatoms. The lowest BCUT2D eigenvalue weighted by atomic mass is 9.94. The van der Waals surface area contributed by atoms with E-state index in [4.69, 9.17) is 14.5 Å². The number of benzene rings is 2. The van der Waals surface area contributed by atoms with Crippen LogP contribution in [-0.4, -0.2) is 49.2 Å². The summed E-state index contributed by atoms with van der Waals surface area (Å²) in [5.41, 5.74) is 2.00. The second kappa shape index (κ2) is 12.0. The number of hydrogen-bond acceptors (Lipinski definition) is 6. The molecule has 2 rings (SSSR count). The van der Waals surface area contributed by atoms with Crippen LogP contribution in [0.2, 0.25) is 0 Å². The maximum atomic E-state index is 12.7. The maximum absolute atomic E-state index is 12.7. The molecule has 0 saturated carbocycles. The minimum Gasteiger partial charge on any atom is -0.497 e. The minimum absolute atomic E-state index is 0.384. The number of ether oxygens (including phenoxy) is 1. The fourth-order valence-electron chi connectivity index (χ4n) is 3.51. The molecular formula is C24H31NO6. The Morgan fingerprint density at radius 2 is 1.81 bits per heavy atom. The van der Waals surface area contributed by atoms with Gasteiger partial charge >= 0.3 is 11.9 Å². The van der Waals surface area contributed by atoms with Crippen molar-refractivity contribution in [2.75, 3.05) is 21.2 Å². The van der Waals surface area contributed by atoms with Gasteiger partial charge in [0.15, 0.2) is 5.75 Å². The molecule has 2 atom stereocenters. The van der Waals surface area contributed by atoms with Crippen molar-refractivity contribution < 1.29 is 29.2 Å². The molecule has 0 aliphatic heterocycles. The molecule has 0 aliphatic carbocycles. The van der Waals surface area contributed by atoms with Crippen molar-refractivity contribution in [2.24, 2.45) is 5.92 Å². The number of carbonyl (C=O) groups is 2. The van der Waals surface area contributed by atoms with E-state index in [0.29, 0.717) is 25.0 Å². The molecule has 0 heterocycles. The first-order chi connectivity index (χ1) is 14.9. The summed E-state index contributed by atoms with van der Waals surface area (Å²) in [6, 6.07) is 14.2. The number of methoxy groups -OCH3 is 1. The van der Waals surface area contributed by atoms with Gasteiger partial charge in [0.05, 0.1) is 13.0 Å². The fraction of sp³-hybridized carbons (Fsp3) is 0.417. The maximum Gasteiger partial charge on any atom is 0.360 e. The summed E-state index contributed by atoms with van der Waals surface area (Å²) < 4.78 is 5.26. The Hall–Kier alpha value is -3.06. The van der Waals surface area contributed by atoms with Gasteiger partial charge in [0, 0.05) is 0 Å².